The summed E-state index contributed by atoms with van der Waals surface area (Å²) in [4.78, 5) is 0. The van der Waals surface area contributed by atoms with Gasteiger partial charge in [0.15, 0.2) is 0 Å². The van der Waals surface area contributed by atoms with E-state index in [9.17, 15) is 5.11 Å². The van der Waals surface area contributed by atoms with Gasteiger partial charge in [-0.15, -0.1) is 0 Å². The standard InChI is InChI=1S/C23H24N2O2/c1-27-23-13-7-2-8-17(23)14-24-15-18(26)16-25-21-11-5-3-9-19(21)20-10-4-6-12-22(20)25/h2-13,18,24,26H,14-16H2,1H3/t18-/m1/s1. The Morgan fingerprint density at radius 2 is 1.48 bits per heavy atom. The van der Waals surface area contributed by atoms with E-state index in [1.807, 2.05) is 36.4 Å². The molecule has 138 valence electrons. The fourth-order valence-corrected chi connectivity index (χ4v) is 3.70. The van der Waals surface area contributed by atoms with Gasteiger partial charge in [0.2, 0.25) is 0 Å². The molecule has 1 aromatic heterocycles. The van der Waals surface area contributed by atoms with Crippen LogP contribution < -0.4 is 10.1 Å². The quantitative estimate of drug-likeness (QED) is 0.524. The molecule has 0 amide bonds. The van der Waals surface area contributed by atoms with Crippen LogP contribution in [0.15, 0.2) is 72.8 Å². The van der Waals surface area contributed by atoms with Crippen molar-refractivity contribution in [3.05, 3.63) is 78.4 Å². The number of para-hydroxylation sites is 3. The maximum atomic E-state index is 10.6. The molecule has 4 heteroatoms. The average molecular weight is 360 g/mol. The van der Waals surface area contributed by atoms with E-state index in [1.165, 1.54) is 10.8 Å². The van der Waals surface area contributed by atoms with Crippen LogP contribution in [0.25, 0.3) is 21.8 Å². The minimum atomic E-state index is -0.487. The molecule has 0 unspecified atom stereocenters. The van der Waals surface area contributed by atoms with Crippen LogP contribution in [0.3, 0.4) is 0 Å². The Labute approximate surface area is 159 Å². The number of aliphatic hydroxyl groups is 1. The summed E-state index contributed by atoms with van der Waals surface area (Å²) >= 11 is 0. The van der Waals surface area contributed by atoms with Gasteiger partial charge in [0, 0.05) is 40.5 Å². The summed E-state index contributed by atoms with van der Waals surface area (Å²) in [5, 5.41) is 16.4. The predicted octanol–water partition coefficient (Wildman–Crippen LogP) is 3.95. The number of nitrogens with zero attached hydrogens (tertiary/aromatic N) is 1. The molecule has 0 bridgehead atoms. The second-order valence-electron chi connectivity index (χ2n) is 6.74. The van der Waals surface area contributed by atoms with Gasteiger partial charge in [-0.05, 0) is 18.2 Å². The lowest BCUT2D eigenvalue weighted by molar-refractivity contribution is 0.154. The second-order valence-corrected chi connectivity index (χ2v) is 6.74. The normalized spacial score (nSPS) is 12.5. The number of methoxy groups -OCH3 is 1. The number of hydrogen-bond acceptors (Lipinski definition) is 3. The summed E-state index contributed by atoms with van der Waals surface area (Å²) in [5.74, 6) is 0.863. The van der Waals surface area contributed by atoms with E-state index in [4.69, 9.17) is 4.74 Å². The Balaban J connectivity index is 1.49. The number of nitrogens with one attached hydrogen (secondary N) is 1. The van der Waals surface area contributed by atoms with Gasteiger partial charge in [-0.3, -0.25) is 0 Å². The highest BCUT2D eigenvalue weighted by Gasteiger charge is 2.13. The summed E-state index contributed by atoms with van der Waals surface area (Å²) in [6, 6.07) is 24.7. The molecule has 0 aliphatic rings. The van der Waals surface area contributed by atoms with Crippen molar-refractivity contribution < 1.29 is 9.84 Å². The first-order chi connectivity index (χ1) is 13.3. The van der Waals surface area contributed by atoms with Crippen LogP contribution in [0.2, 0.25) is 0 Å². The Kier molecular flexibility index (Phi) is 5.10. The fourth-order valence-electron chi connectivity index (χ4n) is 3.70. The molecule has 0 aliphatic carbocycles. The van der Waals surface area contributed by atoms with Crippen molar-refractivity contribution >= 4 is 21.8 Å². The summed E-state index contributed by atoms with van der Waals surface area (Å²) in [7, 11) is 1.68. The highest BCUT2D eigenvalue weighted by Crippen LogP contribution is 2.28. The molecule has 0 spiro atoms. The van der Waals surface area contributed by atoms with Gasteiger partial charge in [-0.1, -0.05) is 54.6 Å². The molecule has 4 rings (SSSR count). The first-order valence-corrected chi connectivity index (χ1v) is 9.24. The highest BCUT2D eigenvalue weighted by molar-refractivity contribution is 6.07. The number of rotatable bonds is 7. The highest BCUT2D eigenvalue weighted by atomic mass is 16.5. The average Bonchev–Trinajstić information content (AvgIpc) is 3.02. The van der Waals surface area contributed by atoms with Gasteiger partial charge in [0.25, 0.3) is 0 Å². The van der Waals surface area contributed by atoms with Gasteiger partial charge >= 0.3 is 0 Å². The molecule has 1 heterocycles. The number of ether oxygens (including phenoxy) is 1. The maximum Gasteiger partial charge on any atom is 0.123 e. The van der Waals surface area contributed by atoms with E-state index in [2.05, 4.69) is 46.3 Å². The van der Waals surface area contributed by atoms with E-state index in [1.54, 1.807) is 7.11 Å². The van der Waals surface area contributed by atoms with Crippen LogP contribution >= 0.6 is 0 Å². The number of fused-ring (bicyclic) bond motifs is 3. The van der Waals surface area contributed by atoms with Crippen molar-refractivity contribution in [3.8, 4) is 5.75 Å². The third-order valence-corrected chi connectivity index (χ3v) is 4.96. The van der Waals surface area contributed by atoms with Crippen molar-refractivity contribution in [2.75, 3.05) is 13.7 Å². The van der Waals surface area contributed by atoms with Gasteiger partial charge in [0.1, 0.15) is 5.75 Å². The Bertz CT molecular complexity index is 1000. The van der Waals surface area contributed by atoms with Crippen LogP contribution in [0.1, 0.15) is 5.56 Å². The van der Waals surface area contributed by atoms with E-state index in [0.717, 1.165) is 22.3 Å². The zero-order valence-electron chi connectivity index (χ0n) is 15.4. The number of aromatic nitrogens is 1. The third kappa shape index (κ3) is 3.54. The lowest BCUT2D eigenvalue weighted by Gasteiger charge is -2.15. The SMILES string of the molecule is COc1ccccc1CNC[C@@H](O)Cn1c2ccccc2c2ccccc21. The Hall–Kier alpha value is -2.82. The molecule has 4 nitrogen and oxygen atoms in total. The first kappa shape index (κ1) is 17.6. The van der Waals surface area contributed by atoms with Crippen molar-refractivity contribution in [2.45, 2.75) is 19.2 Å². The molecule has 3 aromatic carbocycles. The molecular weight excluding hydrogens is 336 g/mol. The molecule has 0 saturated heterocycles. The minimum absolute atomic E-state index is 0.487. The molecule has 0 saturated carbocycles. The van der Waals surface area contributed by atoms with Crippen molar-refractivity contribution in [1.29, 1.82) is 0 Å². The van der Waals surface area contributed by atoms with Gasteiger partial charge in [-0.2, -0.15) is 0 Å². The number of aliphatic hydroxyl groups excluding tert-OH is 1. The van der Waals surface area contributed by atoms with Crippen molar-refractivity contribution in [3.63, 3.8) is 0 Å². The number of hydrogen-bond donors (Lipinski definition) is 2. The van der Waals surface area contributed by atoms with Crippen LogP contribution in [-0.4, -0.2) is 29.4 Å². The zero-order valence-corrected chi connectivity index (χ0v) is 15.4. The monoisotopic (exact) mass is 360 g/mol. The van der Waals surface area contributed by atoms with Crippen molar-refractivity contribution in [2.24, 2.45) is 0 Å². The van der Waals surface area contributed by atoms with Crippen LogP contribution in [-0.2, 0) is 13.1 Å². The fraction of sp³-hybridized carbons (Fsp3) is 0.217. The topological polar surface area (TPSA) is 46.4 Å². The first-order valence-electron chi connectivity index (χ1n) is 9.24. The summed E-state index contributed by atoms with van der Waals surface area (Å²) < 4.78 is 7.59. The lowest BCUT2D eigenvalue weighted by Crippen LogP contribution is -2.30. The smallest absolute Gasteiger partial charge is 0.123 e. The second kappa shape index (κ2) is 7.82. The van der Waals surface area contributed by atoms with Crippen LogP contribution in [0.4, 0.5) is 0 Å². The van der Waals surface area contributed by atoms with E-state index in [-0.39, 0.29) is 0 Å². The Morgan fingerprint density at radius 3 is 2.15 bits per heavy atom. The van der Waals surface area contributed by atoms with Crippen LogP contribution in [0, 0.1) is 0 Å². The molecular formula is C23H24N2O2. The zero-order chi connectivity index (χ0) is 18.6. The minimum Gasteiger partial charge on any atom is -0.496 e. The van der Waals surface area contributed by atoms with Gasteiger partial charge in [0.05, 0.1) is 19.8 Å². The lowest BCUT2D eigenvalue weighted by atomic mass is 10.2. The molecule has 1 atom stereocenters. The van der Waals surface area contributed by atoms with E-state index >= 15 is 0 Å². The molecule has 0 aliphatic heterocycles. The molecule has 0 radical (unpaired) electrons. The molecule has 27 heavy (non-hydrogen) atoms. The summed E-state index contributed by atoms with van der Waals surface area (Å²) in [6.45, 7) is 1.72. The summed E-state index contributed by atoms with van der Waals surface area (Å²) in [5.41, 5.74) is 3.40. The number of benzene rings is 3. The van der Waals surface area contributed by atoms with Gasteiger partial charge < -0.3 is 19.7 Å². The summed E-state index contributed by atoms with van der Waals surface area (Å²) in [6.07, 6.45) is -0.487. The third-order valence-electron chi connectivity index (χ3n) is 4.96. The largest absolute Gasteiger partial charge is 0.496 e. The van der Waals surface area contributed by atoms with Gasteiger partial charge in [-0.25, -0.2) is 0 Å². The molecule has 2 N–H and O–H groups in total. The Morgan fingerprint density at radius 1 is 0.889 bits per heavy atom. The molecule has 0 fully saturated rings. The van der Waals surface area contributed by atoms with Crippen LogP contribution in [0.5, 0.6) is 5.75 Å². The molecule has 4 aromatic rings. The van der Waals surface area contributed by atoms with Crippen molar-refractivity contribution in [1.82, 2.24) is 9.88 Å². The van der Waals surface area contributed by atoms with E-state index < -0.39 is 6.10 Å². The van der Waals surface area contributed by atoms with E-state index in [0.29, 0.717) is 19.6 Å². The maximum absolute atomic E-state index is 10.6. The predicted molar refractivity (Wildman–Crippen MR) is 110 cm³/mol.